The standard InChI is InChI=1S/C15H20ClNO/c1-17(14-5-3-2-4-6-14)11-12-7-9-13(10-8-12)15(16)18/h7-10,14H,2-6,11H2,1H3. The van der Waals surface area contributed by atoms with Crippen LogP contribution in [-0.2, 0) is 6.54 Å². The van der Waals surface area contributed by atoms with Crippen molar-refractivity contribution in [3.8, 4) is 0 Å². The zero-order chi connectivity index (χ0) is 13.0. The number of carbonyl (C=O) groups excluding carboxylic acids is 1. The first-order valence-electron chi connectivity index (χ1n) is 6.66. The predicted molar refractivity (Wildman–Crippen MR) is 75.0 cm³/mol. The summed E-state index contributed by atoms with van der Waals surface area (Å²) in [6.45, 7) is 0.946. The molecule has 0 aromatic heterocycles. The highest BCUT2D eigenvalue weighted by molar-refractivity contribution is 6.67. The van der Waals surface area contributed by atoms with Gasteiger partial charge in [0, 0.05) is 18.2 Å². The lowest BCUT2D eigenvalue weighted by molar-refractivity contribution is 0.108. The SMILES string of the molecule is CN(Cc1ccc(C(=O)Cl)cc1)C1CCCCC1. The van der Waals surface area contributed by atoms with E-state index in [-0.39, 0.29) is 5.24 Å². The van der Waals surface area contributed by atoms with Crippen LogP contribution in [0.25, 0.3) is 0 Å². The smallest absolute Gasteiger partial charge is 0.252 e. The zero-order valence-electron chi connectivity index (χ0n) is 10.9. The molecule has 2 nitrogen and oxygen atoms in total. The van der Waals surface area contributed by atoms with Crippen molar-refractivity contribution in [2.45, 2.75) is 44.7 Å². The van der Waals surface area contributed by atoms with E-state index >= 15 is 0 Å². The third-order valence-corrected chi connectivity index (χ3v) is 4.03. The quantitative estimate of drug-likeness (QED) is 0.771. The fourth-order valence-corrected chi connectivity index (χ4v) is 2.81. The Morgan fingerprint density at radius 3 is 2.39 bits per heavy atom. The van der Waals surface area contributed by atoms with Gasteiger partial charge in [-0.2, -0.15) is 0 Å². The summed E-state index contributed by atoms with van der Waals surface area (Å²) in [7, 11) is 2.19. The molecule has 0 heterocycles. The first kappa shape index (κ1) is 13.6. The summed E-state index contributed by atoms with van der Waals surface area (Å²) in [5.41, 5.74) is 1.81. The van der Waals surface area contributed by atoms with Crippen molar-refractivity contribution in [1.82, 2.24) is 4.90 Å². The maximum atomic E-state index is 11.0. The molecule has 1 aliphatic carbocycles. The van der Waals surface area contributed by atoms with Gasteiger partial charge in [0.2, 0.25) is 0 Å². The van der Waals surface area contributed by atoms with Gasteiger partial charge < -0.3 is 0 Å². The van der Waals surface area contributed by atoms with E-state index in [1.807, 2.05) is 12.1 Å². The van der Waals surface area contributed by atoms with Gasteiger partial charge in [-0.25, -0.2) is 0 Å². The first-order valence-corrected chi connectivity index (χ1v) is 7.03. The molecule has 1 aromatic carbocycles. The lowest BCUT2D eigenvalue weighted by Crippen LogP contribution is -2.32. The van der Waals surface area contributed by atoms with E-state index < -0.39 is 0 Å². The molecule has 0 N–H and O–H groups in total. The molecule has 0 aliphatic heterocycles. The number of rotatable bonds is 4. The molecule has 1 fully saturated rings. The fourth-order valence-electron chi connectivity index (χ4n) is 2.68. The summed E-state index contributed by atoms with van der Waals surface area (Å²) in [5.74, 6) is 0. The number of hydrogen-bond acceptors (Lipinski definition) is 2. The Morgan fingerprint density at radius 1 is 1.22 bits per heavy atom. The topological polar surface area (TPSA) is 20.3 Å². The summed E-state index contributed by atoms with van der Waals surface area (Å²) >= 11 is 5.43. The molecule has 0 amide bonds. The molecule has 1 saturated carbocycles. The van der Waals surface area contributed by atoms with Crippen molar-refractivity contribution < 1.29 is 4.79 Å². The lowest BCUT2D eigenvalue weighted by atomic mass is 9.94. The van der Waals surface area contributed by atoms with Crippen molar-refractivity contribution in [2.24, 2.45) is 0 Å². The summed E-state index contributed by atoms with van der Waals surface area (Å²) in [4.78, 5) is 13.4. The number of hydrogen-bond donors (Lipinski definition) is 0. The van der Waals surface area contributed by atoms with Crippen LogP contribution in [0.3, 0.4) is 0 Å². The Bertz CT molecular complexity index is 395. The molecule has 0 radical (unpaired) electrons. The second kappa shape index (κ2) is 6.35. The van der Waals surface area contributed by atoms with Crippen LogP contribution in [0, 0.1) is 0 Å². The van der Waals surface area contributed by atoms with E-state index in [9.17, 15) is 4.79 Å². The Labute approximate surface area is 114 Å². The molecule has 1 aromatic rings. The van der Waals surface area contributed by atoms with E-state index in [1.165, 1.54) is 37.7 Å². The molecule has 0 atom stereocenters. The summed E-state index contributed by atoms with van der Waals surface area (Å²) in [6, 6.07) is 8.32. The van der Waals surface area contributed by atoms with Crippen LogP contribution in [0.5, 0.6) is 0 Å². The molecule has 0 unspecified atom stereocenters. The van der Waals surface area contributed by atoms with Crippen LogP contribution in [0.15, 0.2) is 24.3 Å². The van der Waals surface area contributed by atoms with Gasteiger partial charge in [0.15, 0.2) is 0 Å². The molecule has 0 bridgehead atoms. The van der Waals surface area contributed by atoms with Gasteiger partial charge in [0.05, 0.1) is 0 Å². The Balaban J connectivity index is 1.93. The van der Waals surface area contributed by atoms with Gasteiger partial charge in [0.1, 0.15) is 0 Å². The highest BCUT2D eigenvalue weighted by Crippen LogP contribution is 2.22. The Kier molecular flexibility index (Phi) is 4.79. The van der Waals surface area contributed by atoms with Crippen LogP contribution in [0.2, 0.25) is 0 Å². The number of nitrogens with zero attached hydrogens (tertiary/aromatic N) is 1. The van der Waals surface area contributed by atoms with Crippen molar-refractivity contribution in [3.05, 3.63) is 35.4 Å². The van der Waals surface area contributed by atoms with Crippen molar-refractivity contribution in [1.29, 1.82) is 0 Å². The number of halogens is 1. The minimum atomic E-state index is -0.387. The third kappa shape index (κ3) is 3.56. The summed E-state index contributed by atoms with van der Waals surface area (Å²) < 4.78 is 0. The minimum absolute atomic E-state index is 0.387. The van der Waals surface area contributed by atoms with Gasteiger partial charge in [-0.1, -0.05) is 31.4 Å². The van der Waals surface area contributed by atoms with E-state index in [1.54, 1.807) is 12.1 Å². The van der Waals surface area contributed by atoms with E-state index in [0.717, 1.165) is 6.54 Å². The van der Waals surface area contributed by atoms with Crippen LogP contribution in [0.4, 0.5) is 0 Å². The molecule has 0 saturated heterocycles. The van der Waals surface area contributed by atoms with Crippen LogP contribution in [0.1, 0.15) is 48.0 Å². The normalized spacial score (nSPS) is 17.1. The fraction of sp³-hybridized carbons (Fsp3) is 0.533. The van der Waals surface area contributed by atoms with Gasteiger partial charge >= 0.3 is 0 Å². The maximum Gasteiger partial charge on any atom is 0.252 e. The maximum absolute atomic E-state index is 11.0. The molecule has 0 spiro atoms. The minimum Gasteiger partial charge on any atom is -0.299 e. The van der Waals surface area contributed by atoms with E-state index in [2.05, 4.69) is 11.9 Å². The van der Waals surface area contributed by atoms with Crippen LogP contribution >= 0.6 is 11.6 Å². The van der Waals surface area contributed by atoms with E-state index in [0.29, 0.717) is 11.6 Å². The Hall–Kier alpha value is -0.860. The van der Waals surface area contributed by atoms with Gasteiger partial charge in [-0.15, -0.1) is 0 Å². The highest BCUT2D eigenvalue weighted by Gasteiger charge is 2.17. The first-order chi connectivity index (χ1) is 8.66. The molecule has 3 heteroatoms. The summed E-state index contributed by atoms with van der Waals surface area (Å²) in [6.07, 6.45) is 6.73. The molecular weight excluding hydrogens is 246 g/mol. The largest absolute Gasteiger partial charge is 0.299 e. The monoisotopic (exact) mass is 265 g/mol. The molecule has 18 heavy (non-hydrogen) atoms. The van der Waals surface area contributed by atoms with Gasteiger partial charge in [0.25, 0.3) is 5.24 Å². The molecular formula is C15H20ClNO. The van der Waals surface area contributed by atoms with Crippen LogP contribution < -0.4 is 0 Å². The summed E-state index contributed by atoms with van der Waals surface area (Å²) in [5, 5.41) is -0.387. The second-order valence-corrected chi connectivity index (χ2v) is 5.52. The number of carbonyl (C=O) groups is 1. The second-order valence-electron chi connectivity index (χ2n) is 5.18. The van der Waals surface area contributed by atoms with Crippen LogP contribution in [-0.4, -0.2) is 23.2 Å². The van der Waals surface area contributed by atoms with Crippen molar-refractivity contribution in [2.75, 3.05) is 7.05 Å². The number of benzene rings is 1. The zero-order valence-corrected chi connectivity index (χ0v) is 11.6. The van der Waals surface area contributed by atoms with E-state index in [4.69, 9.17) is 11.6 Å². The highest BCUT2D eigenvalue weighted by atomic mass is 35.5. The average Bonchev–Trinajstić information content (AvgIpc) is 2.40. The average molecular weight is 266 g/mol. The third-order valence-electron chi connectivity index (χ3n) is 3.81. The molecule has 2 rings (SSSR count). The van der Waals surface area contributed by atoms with Gasteiger partial charge in [-0.3, -0.25) is 9.69 Å². The Morgan fingerprint density at radius 2 is 1.83 bits per heavy atom. The van der Waals surface area contributed by atoms with Gasteiger partial charge in [-0.05, 0) is 49.2 Å². The predicted octanol–water partition coefficient (Wildman–Crippen LogP) is 3.83. The molecule has 98 valence electrons. The van der Waals surface area contributed by atoms with Crippen molar-refractivity contribution >= 4 is 16.8 Å². The lowest BCUT2D eigenvalue weighted by Gasteiger charge is -2.31. The van der Waals surface area contributed by atoms with Crippen molar-refractivity contribution in [3.63, 3.8) is 0 Å². The molecule has 1 aliphatic rings.